The number of aromatic nitrogens is 1. The summed E-state index contributed by atoms with van der Waals surface area (Å²) in [5, 5.41) is 3.28. The molecule has 1 aliphatic rings. The fraction of sp³-hybridized carbons (Fsp3) is 0.312. The van der Waals surface area contributed by atoms with Crippen LogP contribution in [0.3, 0.4) is 0 Å². The molecule has 1 aromatic carbocycles. The average molecular weight is 285 g/mol. The van der Waals surface area contributed by atoms with E-state index in [2.05, 4.69) is 16.4 Å². The quantitative estimate of drug-likeness (QED) is 0.902. The first-order valence-corrected chi connectivity index (χ1v) is 7.07. The van der Waals surface area contributed by atoms with Gasteiger partial charge in [0.05, 0.1) is 0 Å². The Morgan fingerprint density at radius 1 is 1.19 bits per heavy atom. The Balaban J connectivity index is 1.58. The van der Waals surface area contributed by atoms with Gasteiger partial charge in [0, 0.05) is 24.5 Å². The normalized spacial score (nSPS) is 13.0. The van der Waals surface area contributed by atoms with Crippen LogP contribution in [0.1, 0.15) is 11.1 Å². The largest absolute Gasteiger partial charge is 0.486 e. The molecule has 3 rings (SSSR count). The number of nitrogens with zero attached hydrogens (tertiary/aromatic N) is 1. The van der Waals surface area contributed by atoms with Crippen LogP contribution in [0.2, 0.25) is 0 Å². The van der Waals surface area contributed by atoms with Crippen LogP contribution in [0, 0.1) is 6.92 Å². The predicted octanol–water partition coefficient (Wildman–Crippen LogP) is 2.40. The van der Waals surface area contributed by atoms with E-state index in [1.54, 1.807) is 6.20 Å². The highest BCUT2D eigenvalue weighted by atomic mass is 16.6. The van der Waals surface area contributed by atoms with E-state index in [0.717, 1.165) is 41.5 Å². The number of anilines is 2. The van der Waals surface area contributed by atoms with Gasteiger partial charge in [-0.05, 0) is 36.6 Å². The molecule has 0 saturated heterocycles. The lowest BCUT2D eigenvalue weighted by Crippen LogP contribution is -2.15. The second-order valence-electron chi connectivity index (χ2n) is 5.08. The average Bonchev–Trinajstić information content (AvgIpc) is 2.51. The molecular formula is C16H19N3O2. The van der Waals surface area contributed by atoms with Gasteiger partial charge in [0.2, 0.25) is 0 Å². The fourth-order valence-electron chi connectivity index (χ4n) is 2.21. The molecule has 0 aliphatic carbocycles. The van der Waals surface area contributed by atoms with E-state index < -0.39 is 0 Å². The van der Waals surface area contributed by atoms with Crippen molar-refractivity contribution in [2.45, 2.75) is 13.3 Å². The molecule has 0 unspecified atom stereocenters. The Bertz CT molecular complexity index is 643. The van der Waals surface area contributed by atoms with Crippen LogP contribution in [0.4, 0.5) is 11.5 Å². The SMILES string of the molecule is Cc1cnc(NCCc2ccc3c(c2)OCCO3)cc1N. The number of hydrogen-bond acceptors (Lipinski definition) is 5. The minimum absolute atomic E-state index is 0.612. The van der Waals surface area contributed by atoms with Crippen LogP contribution in [0.5, 0.6) is 11.5 Å². The van der Waals surface area contributed by atoms with Crippen LogP contribution in [-0.2, 0) is 6.42 Å². The van der Waals surface area contributed by atoms with Gasteiger partial charge in [-0.1, -0.05) is 6.07 Å². The topological polar surface area (TPSA) is 69.4 Å². The van der Waals surface area contributed by atoms with E-state index in [0.29, 0.717) is 13.2 Å². The number of nitrogen functional groups attached to an aromatic ring is 1. The number of ether oxygens (including phenoxy) is 2. The van der Waals surface area contributed by atoms with Crippen molar-refractivity contribution >= 4 is 11.5 Å². The van der Waals surface area contributed by atoms with Crippen molar-refractivity contribution in [1.29, 1.82) is 0 Å². The molecule has 1 aliphatic heterocycles. The molecular weight excluding hydrogens is 266 g/mol. The van der Waals surface area contributed by atoms with Crippen molar-refractivity contribution in [1.82, 2.24) is 4.98 Å². The summed E-state index contributed by atoms with van der Waals surface area (Å²) < 4.78 is 11.1. The van der Waals surface area contributed by atoms with Crippen molar-refractivity contribution in [2.75, 3.05) is 30.8 Å². The van der Waals surface area contributed by atoms with Crippen molar-refractivity contribution < 1.29 is 9.47 Å². The number of benzene rings is 1. The molecule has 2 heterocycles. The van der Waals surface area contributed by atoms with Gasteiger partial charge in [-0.25, -0.2) is 4.98 Å². The number of pyridine rings is 1. The van der Waals surface area contributed by atoms with Gasteiger partial charge in [-0.15, -0.1) is 0 Å². The molecule has 0 amide bonds. The summed E-state index contributed by atoms with van der Waals surface area (Å²) in [7, 11) is 0. The molecule has 5 heteroatoms. The third-order valence-electron chi connectivity index (χ3n) is 3.47. The summed E-state index contributed by atoms with van der Waals surface area (Å²) in [6.07, 6.45) is 2.66. The van der Waals surface area contributed by atoms with Gasteiger partial charge in [0.15, 0.2) is 11.5 Å². The maximum Gasteiger partial charge on any atom is 0.161 e. The van der Waals surface area contributed by atoms with Gasteiger partial charge in [-0.3, -0.25) is 0 Å². The van der Waals surface area contributed by atoms with E-state index in [1.807, 2.05) is 25.1 Å². The van der Waals surface area contributed by atoms with E-state index in [9.17, 15) is 0 Å². The zero-order valence-electron chi connectivity index (χ0n) is 12.1. The van der Waals surface area contributed by atoms with Crippen molar-refractivity contribution in [3.63, 3.8) is 0 Å². The van der Waals surface area contributed by atoms with E-state index in [-0.39, 0.29) is 0 Å². The molecule has 0 saturated carbocycles. The van der Waals surface area contributed by atoms with E-state index in [1.165, 1.54) is 5.56 Å². The number of nitrogens with two attached hydrogens (primary N) is 1. The summed E-state index contributed by atoms with van der Waals surface area (Å²) in [6.45, 7) is 3.96. The first-order valence-electron chi connectivity index (χ1n) is 7.07. The second kappa shape index (κ2) is 5.91. The predicted molar refractivity (Wildman–Crippen MR) is 83.0 cm³/mol. The zero-order chi connectivity index (χ0) is 14.7. The summed E-state index contributed by atoms with van der Waals surface area (Å²) in [5.74, 6) is 2.46. The molecule has 0 atom stereocenters. The third-order valence-corrected chi connectivity index (χ3v) is 3.47. The van der Waals surface area contributed by atoms with Gasteiger partial charge in [0.25, 0.3) is 0 Å². The molecule has 2 aromatic rings. The Morgan fingerprint density at radius 2 is 2.00 bits per heavy atom. The van der Waals surface area contributed by atoms with Crippen molar-refractivity contribution in [3.05, 3.63) is 41.6 Å². The Hall–Kier alpha value is -2.43. The molecule has 0 fully saturated rings. The lowest BCUT2D eigenvalue weighted by molar-refractivity contribution is 0.171. The number of hydrogen-bond donors (Lipinski definition) is 2. The summed E-state index contributed by atoms with van der Waals surface area (Å²) >= 11 is 0. The summed E-state index contributed by atoms with van der Waals surface area (Å²) in [4.78, 5) is 4.30. The van der Waals surface area contributed by atoms with Crippen LogP contribution < -0.4 is 20.5 Å². The molecule has 0 bridgehead atoms. The number of rotatable bonds is 4. The minimum Gasteiger partial charge on any atom is -0.486 e. The third kappa shape index (κ3) is 3.18. The van der Waals surface area contributed by atoms with Gasteiger partial charge in [-0.2, -0.15) is 0 Å². The Kier molecular flexibility index (Phi) is 3.81. The zero-order valence-corrected chi connectivity index (χ0v) is 12.1. The highest BCUT2D eigenvalue weighted by Gasteiger charge is 2.11. The Labute approximate surface area is 124 Å². The molecule has 0 radical (unpaired) electrons. The monoisotopic (exact) mass is 285 g/mol. The highest BCUT2D eigenvalue weighted by molar-refractivity contribution is 5.53. The first kappa shape index (κ1) is 13.5. The number of nitrogens with one attached hydrogen (secondary N) is 1. The van der Waals surface area contributed by atoms with Crippen LogP contribution in [-0.4, -0.2) is 24.7 Å². The van der Waals surface area contributed by atoms with E-state index >= 15 is 0 Å². The molecule has 1 aromatic heterocycles. The molecule has 21 heavy (non-hydrogen) atoms. The van der Waals surface area contributed by atoms with Crippen LogP contribution in [0.25, 0.3) is 0 Å². The van der Waals surface area contributed by atoms with Crippen LogP contribution in [0.15, 0.2) is 30.5 Å². The maximum absolute atomic E-state index is 5.87. The van der Waals surface area contributed by atoms with Crippen molar-refractivity contribution in [2.24, 2.45) is 0 Å². The summed E-state index contributed by atoms with van der Waals surface area (Å²) in [6, 6.07) is 7.92. The fourth-order valence-corrected chi connectivity index (χ4v) is 2.21. The molecule has 3 N–H and O–H groups in total. The minimum atomic E-state index is 0.612. The van der Waals surface area contributed by atoms with Crippen molar-refractivity contribution in [3.8, 4) is 11.5 Å². The molecule has 0 spiro atoms. The van der Waals surface area contributed by atoms with E-state index in [4.69, 9.17) is 15.2 Å². The van der Waals surface area contributed by atoms with Gasteiger partial charge >= 0.3 is 0 Å². The maximum atomic E-state index is 5.87. The number of aryl methyl sites for hydroxylation is 1. The number of fused-ring (bicyclic) bond motifs is 1. The Morgan fingerprint density at radius 3 is 2.81 bits per heavy atom. The second-order valence-corrected chi connectivity index (χ2v) is 5.08. The summed E-state index contributed by atoms with van der Waals surface area (Å²) in [5.41, 5.74) is 8.82. The first-order chi connectivity index (χ1) is 10.2. The molecule has 110 valence electrons. The highest BCUT2D eigenvalue weighted by Crippen LogP contribution is 2.30. The van der Waals surface area contributed by atoms with Crippen LogP contribution >= 0.6 is 0 Å². The van der Waals surface area contributed by atoms with Gasteiger partial charge in [0.1, 0.15) is 19.0 Å². The smallest absolute Gasteiger partial charge is 0.161 e. The van der Waals surface area contributed by atoms with Gasteiger partial charge < -0.3 is 20.5 Å². The lowest BCUT2D eigenvalue weighted by atomic mass is 10.1. The lowest BCUT2D eigenvalue weighted by Gasteiger charge is -2.19. The molecule has 5 nitrogen and oxygen atoms in total. The standard InChI is InChI=1S/C16H19N3O2/c1-11-10-19-16(9-13(11)17)18-5-4-12-2-3-14-15(8-12)21-7-6-20-14/h2-3,8-10H,4-7H2,1H3,(H3,17,18,19).